The standard InChI is InChI=1S/C13H27N/c1-5-6-7-12(3)13(4)9-8-11(2)10-14/h10,12-13H,5-9,14H2,1-4H3/b11-10+. The van der Waals surface area contributed by atoms with Crippen LogP contribution in [0, 0.1) is 11.8 Å². The predicted octanol–water partition coefficient (Wildman–Crippen LogP) is 4.09. The zero-order valence-electron chi connectivity index (χ0n) is 10.3. The molecule has 0 aromatic heterocycles. The highest BCUT2D eigenvalue weighted by Gasteiger charge is 2.11. The minimum absolute atomic E-state index is 0.830. The Morgan fingerprint density at radius 3 is 2.29 bits per heavy atom. The normalized spacial score (nSPS) is 16.7. The highest BCUT2D eigenvalue weighted by molar-refractivity contribution is 4.94. The van der Waals surface area contributed by atoms with Crippen molar-refractivity contribution in [1.82, 2.24) is 0 Å². The highest BCUT2D eigenvalue weighted by atomic mass is 14.5. The van der Waals surface area contributed by atoms with Crippen LogP contribution in [0.15, 0.2) is 11.8 Å². The first-order valence-electron chi connectivity index (χ1n) is 5.99. The Morgan fingerprint density at radius 2 is 1.79 bits per heavy atom. The summed E-state index contributed by atoms with van der Waals surface area (Å²) in [7, 11) is 0. The highest BCUT2D eigenvalue weighted by Crippen LogP contribution is 2.23. The van der Waals surface area contributed by atoms with Crippen LogP contribution >= 0.6 is 0 Å². The van der Waals surface area contributed by atoms with E-state index in [9.17, 15) is 0 Å². The molecule has 1 nitrogen and oxygen atoms in total. The molecule has 0 spiro atoms. The van der Waals surface area contributed by atoms with Gasteiger partial charge in [0.25, 0.3) is 0 Å². The Hall–Kier alpha value is -0.460. The summed E-state index contributed by atoms with van der Waals surface area (Å²) >= 11 is 0. The average Bonchev–Trinajstić information content (AvgIpc) is 2.21. The molecule has 0 bridgehead atoms. The monoisotopic (exact) mass is 197 g/mol. The van der Waals surface area contributed by atoms with Gasteiger partial charge in [-0.2, -0.15) is 0 Å². The van der Waals surface area contributed by atoms with E-state index in [1.54, 1.807) is 6.20 Å². The van der Waals surface area contributed by atoms with Gasteiger partial charge < -0.3 is 5.73 Å². The molecule has 2 N–H and O–H groups in total. The molecule has 0 radical (unpaired) electrons. The average molecular weight is 197 g/mol. The third-order valence-corrected chi connectivity index (χ3v) is 3.26. The molecule has 0 saturated carbocycles. The Kier molecular flexibility index (Phi) is 7.64. The lowest BCUT2D eigenvalue weighted by atomic mass is 9.87. The molecule has 0 heterocycles. The van der Waals surface area contributed by atoms with Gasteiger partial charge in [0, 0.05) is 0 Å². The van der Waals surface area contributed by atoms with Gasteiger partial charge in [0.15, 0.2) is 0 Å². The summed E-state index contributed by atoms with van der Waals surface area (Å²) in [6, 6.07) is 0. The van der Waals surface area contributed by atoms with E-state index >= 15 is 0 Å². The number of nitrogens with two attached hydrogens (primary N) is 1. The van der Waals surface area contributed by atoms with Gasteiger partial charge in [-0.3, -0.25) is 0 Å². The van der Waals surface area contributed by atoms with Gasteiger partial charge in [0.2, 0.25) is 0 Å². The molecule has 0 aliphatic carbocycles. The number of allylic oxidation sites excluding steroid dienone is 1. The molecule has 1 heteroatoms. The first-order valence-corrected chi connectivity index (χ1v) is 5.99. The zero-order chi connectivity index (χ0) is 11.0. The van der Waals surface area contributed by atoms with Gasteiger partial charge in [0.05, 0.1) is 0 Å². The number of unbranched alkanes of at least 4 members (excludes halogenated alkanes) is 1. The molecular weight excluding hydrogens is 170 g/mol. The third kappa shape index (κ3) is 6.06. The smallest absolute Gasteiger partial charge is 0.00733 e. The van der Waals surface area contributed by atoms with Crippen LogP contribution in [-0.4, -0.2) is 0 Å². The van der Waals surface area contributed by atoms with Crippen molar-refractivity contribution in [3.05, 3.63) is 11.8 Å². The second-order valence-electron chi connectivity index (χ2n) is 4.65. The molecule has 0 amide bonds. The molecule has 0 rings (SSSR count). The Bertz CT molecular complexity index is 161. The van der Waals surface area contributed by atoms with Crippen LogP contribution < -0.4 is 5.73 Å². The van der Waals surface area contributed by atoms with E-state index < -0.39 is 0 Å². The van der Waals surface area contributed by atoms with Crippen LogP contribution in [0.5, 0.6) is 0 Å². The Balaban J connectivity index is 3.66. The Morgan fingerprint density at radius 1 is 1.21 bits per heavy atom. The lowest BCUT2D eigenvalue weighted by Gasteiger charge is -2.19. The molecule has 0 fully saturated rings. The maximum Gasteiger partial charge on any atom is -0.00733 e. The number of hydrogen-bond donors (Lipinski definition) is 1. The summed E-state index contributed by atoms with van der Waals surface area (Å²) in [4.78, 5) is 0. The van der Waals surface area contributed by atoms with Crippen molar-refractivity contribution in [2.24, 2.45) is 17.6 Å². The molecule has 2 unspecified atom stereocenters. The second kappa shape index (κ2) is 7.90. The van der Waals surface area contributed by atoms with Crippen LogP contribution in [0.25, 0.3) is 0 Å². The number of rotatable bonds is 7. The van der Waals surface area contributed by atoms with Crippen LogP contribution in [-0.2, 0) is 0 Å². The summed E-state index contributed by atoms with van der Waals surface area (Å²) in [6.07, 6.45) is 8.25. The minimum Gasteiger partial charge on any atom is -0.405 e. The van der Waals surface area contributed by atoms with Crippen LogP contribution in [0.2, 0.25) is 0 Å². The molecule has 0 saturated heterocycles. The van der Waals surface area contributed by atoms with Crippen LogP contribution in [0.4, 0.5) is 0 Å². The first-order chi connectivity index (χ1) is 6.61. The molecular formula is C13H27N. The molecule has 14 heavy (non-hydrogen) atoms. The molecule has 0 aromatic carbocycles. The van der Waals surface area contributed by atoms with Crippen molar-refractivity contribution >= 4 is 0 Å². The van der Waals surface area contributed by atoms with Crippen molar-refractivity contribution in [2.45, 2.75) is 59.8 Å². The van der Waals surface area contributed by atoms with E-state index in [2.05, 4.69) is 27.7 Å². The van der Waals surface area contributed by atoms with Gasteiger partial charge in [-0.1, -0.05) is 45.6 Å². The molecule has 84 valence electrons. The van der Waals surface area contributed by atoms with E-state index in [0.717, 1.165) is 18.3 Å². The summed E-state index contributed by atoms with van der Waals surface area (Å²) in [6.45, 7) is 9.12. The van der Waals surface area contributed by atoms with Gasteiger partial charge in [-0.25, -0.2) is 0 Å². The van der Waals surface area contributed by atoms with Gasteiger partial charge in [-0.15, -0.1) is 0 Å². The van der Waals surface area contributed by atoms with Crippen molar-refractivity contribution < 1.29 is 0 Å². The first kappa shape index (κ1) is 13.5. The third-order valence-electron chi connectivity index (χ3n) is 3.26. The lowest BCUT2D eigenvalue weighted by molar-refractivity contribution is 0.336. The summed E-state index contributed by atoms with van der Waals surface area (Å²) in [5.41, 5.74) is 6.77. The van der Waals surface area contributed by atoms with Crippen molar-refractivity contribution in [2.75, 3.05) is 0 Å². The van der Waals surface area contributed by atoms with E-state index in [0.29, 0.717) is 0 Å². The molecule has 0 aliphatic rings. The molecule has 0 aliphatic heterocycles. The largest absolute Gasteiger partial charge is 0.405 e. The van der Waals surface area contributed by atoms with Crippen LogP contribution in [0.3, 0.4) is 0 Å². The topological polar surface area (TPSA) is 26.0 Å². The summed E-state index contributed by atoms with van der Waals surface area (Å²) < 4.78 is 0. The van der Waals surface area contributed by atoms with E-state index in [1.165, 1.54) is 31.3 Å². The SMILES string of the molecule is CCCCC(C)C(C)CC/C(C)=C/N. The fraction of sp³-hybridized carbons (Fsp3) is 0.846. The molecule has 0 aromatic rings. The van der Waals surface area contributed by atoms with Crippen molar-refractivity contribution in [3.63, 3.8) is 0 Å². The fourth-order valence-electron chi connectivity index (χ4n) is 1.63. The van der Waals surface area contributed by atoms with Crippen molar-refractivity contribution in [1.29, 1.82) is 0 Å². The van der Waals surface area contributed by atoms with Crippen LogP contribution in [0.1, 0.15) is 59.8 Å². The summed E-state index contributed by atoms with van der Waals surface area (Å²) in [5.74, 6) is 1.69. The maximum atomic E-state index is 5.45. The minimum atomic E-state index is 0.830. The number of hydrogen-bond acceptors (Lipinski definition) is 1. The lowest BCUT2D eigenvalue weighted by Crippen LogP contribution is -2.08. The summed E-state index contributed by atoms with van der Waals surface area (Å²) in [5, 5.41) is 0. The van der Waals surface area contributed by atoms with E-state index in [4.69, 9.17) is 5.73 Å². The van der Waals surface area contributed by atoms with Crippen molar-refractivity contribution in [3.8, 4) is 0 Å². The fourth-order valence-corrected chi connectivity index (χ4v) is 1.63. The van der Waals surface area contributed by atoms with Gasteiger partial charge in [0.1, 0.15) is 0 Å². The maximum absolute atomic E-state index is 5.45. The molecule has 2 atom stereocenters. The Labute approximate surface area is 89.8 Å². The predicted molar refractivity (Wildman–Crippen MR) is 65.0 cm³/mol. The second-order valence-corrected chi connectivity index (χ2v) is 4.65. The quantitative estimate of drug-likeness (QED) is 0.653. The van der Waals surface area contributed by atoms with E-state index in [-0.39, 0.29) is 0 Å². The van der Waals surface area contributed by atoms with E-state index in [1.807, 2.05) is 0 Å². The zero-order valence-corrected chi connectivity index (χ0v) is 10.3. The van der Waals surface area contributed by atoms with Gasteiger partial charge in [-0.05, 0) is 37.8 Å². The van der Waals surface area contributed by atoms with Gasteiger partial charge >= 0.3 is 0 Å².